The molecule has 0 aliphatic carbocycles. The molecule has 0 radical (unpaired) electrons. The van der Waals surface area contributed by atoms with E-state index in [0.29, 0.717) is 5.82 Å². The third-order valence-corrected chi connectivity index (χ3v) is 4.27. The van der Waals surface area contributed by atoms with Crippen LogP contribution in [0.2, 0.25) is 0 Å². The fraction of sp³-hybridized carbons (Fsp3) is 0.538. The fourth-order valence-electron chi connectivity index (χ4n) is 2.49. The first-order chi connectivity index (χ1) is 8.83. The molecule has 0 bridgehead atoms. The highest BCUT2D eigenvalue weighted by Crippen LogP contribution is 2.23. The van der Waals surface area contributed by atoms with Crippen molar-refractivity contribution in [1.29, 1.82) is 0 Å². The van der Waals surface area contributed by atoms with Crippen LogP contribution < -0.4 is 5.73 Å². The lowest BCUT2D eigenvalue weighted by Crippen LogP contribution is -2.25. The maximum absolute atomic E-state index is 5.97. The summed E-state index contributed by atoms with van der Waals surface area (Å²) in [5.74, 6) is 1.48. The van der Waals surface area contributed by atoms with Gasteiger partial charge >= 0.3 is 0 Å². The van der Waals surface area contributed by atoms with Crippen LogP contribution in [-0.2, 0) is 6.54 Å². The second-order valence-corrected chi connectivity index (χ2v) is 5.75. The molecule has 1 aliphatic rings. The molecule has 0 amide bonds. The summed E-state index contributed by atoms with van der Waals surface area (Å²) < 4.78 is 0. The lowest BCUT2D eigenvalue weighted by Gasteiger charge is -2.18. The first kappa shape index (κ1) is 11.9. The van der Waals surface area contributed by atoms with Crippen LogP contribution >= 0.6 is 11.3 Å². The number of rotatable bonds is 2. The summed E-state index contributed by atoms with van der Waals surface area (Å²) in [5.41, 5.74) is 5.97. The van der Waals surface area contributed by atoms with E-state index in [1.807, 2.05) is 11.4 Å². The van der Waals surface area contributed by atoms with Crippen LogP contribution in [0.5, 0.6) is 0 Å². The molecule has 0 unspecified atom stereocenters. The molecule has 3 rings (SSSR count). The van der Waals surface area contributed by atoms with Gasteiger partial charge in [0.15, 0.2) is 0 Å². The third-order valence-electron chi connectivity index (χ3n) is 3.46. The highest BCUT2D eigenvalue weighted by molar-refractivity contribution is 7.16. The van der Waals surface area contributed by atoms with Crippen LogP contribution in [0.1, 0.15) is 31.5 Å². The molecule has 4 nitrogen and oxygen atoms in total. The normalized spacial score (nSPS) is 18.0. The summed E-state index contributed by atoms with van der Waals surface area (Å²) >= 11 is 1.63. The van der Waals surface area contributed by atoms with Gasteiger partial charge in [0.05, 0.1) is 11.9 Å². The SMILES string of the molecule is Nc1nc(CN2CCCCCC2)nc2sccc12. The Labute approximate surface area is 111 Å². The minimum atomic E-state index is 0.617. The highest BCUT2D eigenvalue weighted by Gasteiger charge is 2.12. The number of anilines is 1. The van der Waals surface area contributed by atoms with Crippen molar-refractivity contribution in [3.8, 4) is 0 Å². The van der Waals surface area contributed by atoms with Crippen LogP contribution in [0.4, 0.5) is 5.82 Å². The molecule has 5 heteroatoms. The second-order valence-electron chi connectivity index (χ2n) is 4.85. The van der Waals surface area contributed by atoms with E-state index in [-0.39, 0.29) is 0 Å². The largest absolute Gasteiger partial charge is 0.383 e. The summed E-state index contributed by atoms with van der Waals surface area (Å²) in [7, 11) is 0. The van der Waals surface area contributed by atoms with E-state index in [4.69, 9.17) is 5.73 Å². The van der Waals surface area contributed by atoms with Gasteiger partial charge in [0.2, 0.25) is 0 Å². The van der Waals surface area contributed by atoms with Gasteiger partial charge in [-0.25, -0.2) is 9.97 Å². The number of nitrogens with two attached hydrogens (primary N) is 1. The molecule has 2 aromatic rings. The highest BCUT2D eigenvalue weighted by atomic mass is 32.1. The third kappa shape index (κ3) is 2.47. The summed E-state index contributed by atoms with van der Waals surface area (Å²) in [6, 6.07) is 1.99. The minimum absolute atomic E-state index is 0.617. The average molecular weight is 262 g/mol. The van der Waals surface area contributed by atoms with Crippen molar-refractivity contribution in [1.82, 2.24) is 14.9 Å². The van der Waals surface area contributed by atoms with Gasteiger partial charge in [-0.1, -0.05) is 12.8 Å². The zero-order valence-corrected chi connectivity index (χ0v) is 11.2. The van der Waals surface area contributed by atoms with Crippen LogP contribution in [0.15, 0.2) is 11.4 Å². The molecular formula is C13H18N4S. The van der Waals surface area contributed by atoms with Crippen LogP contribution in [-0.4, -0.2) is 28.0 Å². The quantitative estimate of drug-likeness (QED) is 0.904. The predicted octanol–water partition coefficient (Wildman–Crippen LogP) is 2.65. The van der Waals surface area contributed by atoms with E-state index >= 15 is 0 Å². The predicted molar refractivity (Wildman–Crippen MR) is 75.6 cm³/mol. The fourth-order valence-corrected chi connectivity index (χ4v) is 3.28. The molecule has 18 heavy (non-hydrogen) atoms. The molecule has 0 saturated carbocycles. The Morgan fingerprint density at radius 1 is 1.17 bits per heavy atom. The summed E-state index contributed by atoms with van der Waals surface area (Å²) in [6.07, 6.45) is 5.28. The summed E-state index contributed by atoms with van der Waals surface area (Å²) in [5, 5.41) is 3.01. The molecule has 1 saturated heterocycles. The van der Waals surface area contributed by atoms with E-state index in [1.165, 1.54) is 25.7 Å². The van der Waals surface area contributed by atoms with E-state index in [0.717, 1.165) is 35.7 Å². The molecule has 96 valence electrons. The maximum Gasteiger partial charge on any atom is 0.146 e. The number of nitrogen functional groups attached to an aromatic ring is 1. The molecule has 0 aromatic carbocycles. The summed E-state index contributed by atoms with van der Waals surface area (Å²) in [6.45, 7) is 3.15. The number of nitrogens with zero attached hydrogens (tertiary/aromatic N) is 3. The summed E-state index contributed by atoms with van der Waals surface area (Å²) in [4.78, 5) is 12.5. The van der Waals surface area contributed by atoms with Crippen LogP contribution in [0, 0.1) is 0 Å². The minimum Gasteiger partial charge on any atom is -0.383 e. The number of hydrogen-bond acceptors (Lipinski definition) is 5. The smallest absolute Gasteiger partial charge is 0.146 e. The monoisotopic (exact) mass is 262 g/mol. The Hall–Kier alpha value is -1.20. The number of fused-ring (bicyclic) bond motifs is 1. The maximum atomic E-state index is 5.97. The molecule has 3 heterocycles. The van der Waals surface area contributed by atoms with Crippen LogP contribution in [0.3, 0.4) is 0 Å². The molecule has 2 N–H and O–H groups in total. The second kappa shape index (κ2) is 5.20. The Balaban J connectivity index is 1.80. The van der Waals surface area contributed by atoms with Gasteiger partial charge in [0.25, 0.3) is 0 Å². The first-order valence-electron chi connectivity index (χ1n) is 6.55. The van der Waals surface area contributed by atoms with Crippen molar-refractivity contribution in [2.75, 3.05) is 18.8 Å². The molecule has 1 aliphatic heterocycles. The zero-order valence-electron chi connectivity index (χ0n) is 10.4. The Morgan fingerprint density at radius 3 is 2.72 bits per heavy atom. The number of likely N-dealkylation sites (tertiary alicyclic amines) is 1. The van der Waals surface area contributed by atoms with E-state index in [2.05, 4.69) is 14.9 Å². The zero-order chi connectivity index (χ0) is 12.4. The van der Waals surface area contributed by atoms with Gasteiger partial charge in [-0.05, 0) is 37.4 Å². The topological polar surface area (TPSA) is 55.0 Å². The number of aromatic nitrogens is 2. The van der Waals surface area contributed by atoms with E-state index in [9.17, 15) is 0 Å². The first-order valence-corrected chi connectivity index (χ1v) is 7.43. The van der Waals surface area contributed by atoms with Gasteiger partial charge < -0.3 is 5.73 Å². The molecule has 1 fully saturated rings. The Bertz CT molecular complexity index is 529. The molecular weight excluding hydrogens is 244 g/mol. The Morgan fingerprint density at radius 2 is 1.94 bits per heavy atom. The van der Waals surface area contributed by atoms with Gasteiger partial charge in [-0.15, -0.1) is 11.3 Å². The van der Waals surface area contributed by atoms with Gasteiger partial charge in [-0.3, -0.25) is 4.90 Å². The van der Waals surface area contributed by atoms with Crippen molar-refractivity contribution in [3.63, 3.8) is 0 Å². The number of thiophene rings is 1. The number of hydrogen-bond donors (Lipinski definition) is 1. The molecule has 2 aromatic heterocycles. The van der Waals surface area contributed by atoms with E-state index in [1.54, 1.807) is 11.3 Å². The van der Waals surface area contributed by atoms with Crippen molar-refractivity contribution in [2.24, 2.45) is 0 Å². The van der Waals surface area contributed by atoms with Crippen molar-refractivity contribution >= 4 is 27.4 Å². The lowest BCUT2D eigenvalue weighted by molar-refractivity contribution is 0.270. The van der Waals surface area contributed by atoms with E-state index < -0.39 is 0 Å². The standard InChI is InChI=1S/C13H18N4S/c14-12-10-5-8-18-13(10)16-11(15-12)9-17-6-3-1-2-4-7-17/h5,8H,1-4,6-7,9H2,(H2,14,15,16). The van der Waals surface area contributed by atoms with Gasteiger partial charge in [0, 0.05) is 0 Å². The van der Waals surface area contributed by atoms with Crippen LogP contribution in [0.25, 0.3) is 10.2 Å². The van der Waals surface area contributed by atoms with Gasteiger partial charge in [0.1, 0.15) is 16.5 Å². The van der Waals surface area contributed by atoms with Gasteiger partial charge in [-0.2, -0.15) is 0 Å². The molecule has 0 spiro atoms. The lowest BCUT2D eigenvalue weighted by atomic mass is 10.2. The molecule has 0 atom stereocenters. The van der Waals surface area contributed by atoms with Crippen molar-refractivity contribution < 1.29 is 0 Å². The van der Waals surface area contributed by atoms with Crippen molar-refractivity contribution in [2.45, 2.75) is 32.2 Å². The van der Waals surface area contributed by atoms with Crippen molar-refractivity contribution in [3.05, 3.63) is 17.3 Å². The Kier molecular flexibility index (Phi) is 3.43. The average Bonchev–Trinajstić information content (AvgIpc) is 2.68.